The highest BCUT2D eigenvalue weighted by molar-refractivity contribution is 5.99. The zero-order chi connectivity index (χ0) is 28.4. The van der Waals surface area contributed by atoms with Crippen molar-refractivity contribution >= 4 is 22.8 Å². The van der Waals surface area contributed by atoms with Crippen LogP contribution < -0.4 is 10.5 Å². The van der Waals surface area contributed by atoms with E-state index in [9.17, 15) is 18.8 Å². The average molecular weight is 544 g/mol. The molecule has 0 unspecified atom stereocenters. The Morgan fingerprint density at radius 2 is 1.93 bits per heavy atom. The molecular formula is C29H27F2N7O2. The monoisotopic (exact) mass is 543 g/mol. The molecule has 9 nitrogen and oxygen atoms in total. The highest BCUT2D eigenvalue weighted by Gasteiger charge is 2.32. The second kappa shape index (κ2) is 11.1. The van der Waals surface area contributed by atoms with Gasteiger partial charge in [-0.15, -0.1) is 0 Å². The molecule has 1 amide bonds. The number of anilines is 1. The number of halogens is 2. The van der Waals surface area contributed by atoms with Crippen LogP contribution in [0.25, 0.3) is 22.3 Å². The van der Waals surface area contributed by atoms with Crippen molar-refractivity contribution in [1.29, 1.82) is 5.26 Å². The number of nitrogen functional groups attached to an aromatic ring is 1. The van der Waals surface area contributed by atoms with Crippen LogP contribution in [0.4, 0.5) is 14.6 Å². The number of hydrogen-bond donors (Lipinski definition) is 1. The Labute approximate surface area is 229 Å². The Balaban J connectivity index is 1.45. The van der Waals surface area contributed by atoms with Crippen LogP contribution in [0.2, 0.25) is 0 Å². The van der Waals surface area contributed by atoms with Crippen LogP contribution in [-0.2, 0) is 11.3 Å². The quantitative estimate of drug-likeness (QED) is 0.250. The van der Waals surface area contributed by atoms with Crippen molar-refractivity contribution in [2.45, 2.75) is 39.3 Å². The molecule has 4 aromatic rings. The Morgan fingerprint density at radius 3 is 2.60 bits per heavy atom. The number of para-hydroxylation sites is 1. The van der Waals surface area contributed by atoms with Gasteiger partial charge in [-0.05, 0) is 55.2 Å². The average Bonchev–Trinajstić information content (AvgIpc) is 3.55. The zero-order valence-corrected chi connectivity index (χ0v) is 22.0. The molecule has 1 aliphatic rings. The minimum Gasteiger partial charge on any atom is -0.451 e. The van der Waals surface area contributed by atoms with E-state index in [1.165, 1.54) is 12.4 Å². The van der Waals surface area contributed by atoms with Crippen molar-refractivity contribution in [3.63, 3.8) is 0 Å². The maximum absolute atomic E-state index is 14.0. The van der Waals surface area contributed by atoms with Crippen LogP contribution in [0, 0.1) is 28.9 Å². The summed E-state index contributed by atoms with van der Waals surface area (Å²) >= 11 is 0. The first-order chi connectivity index (χ1) is 19.3. The SMILES string of the molecule is CC(C)/C=C(\C#N)C(=O)N1CCC[C@@H]1Cn1nc(-c2ccc(Oc3c(F)cccc3F)cc2)c2c(N)ncnc21. The normalized spacial score (nSPS) is 15.6. The molecule has 1 fully saturated rings. The number of carbonyl (C=O) groups excluding carboxylic acids is 1. The van der Waals surface area contributed by atoms with Crippen molar-refractivity contribution < 1.29 is 18.3 Å². The van der Waals surface area contributed by atoms with E-state index >= 15 is 0 Å². The predicted octanol–water partition coefficient (Wildman–Crippen LogP) is 5.24. The van der Waals surface area contributed by atoms with Gasteiger partial charge in [0.2, 0.25) is 0 Å². The summed E-state index contributed by atoms with van der Waals surface area (Å²) in [6.07, 6.45) is 4.60. The molecule has 0 saturated carbocycles. The third kappa shape index (κ3) is 5.20. The fraction of sp³-hybridized carbons (Fsp3) is 0.276. The summed E-state index contributed by atoms with van der Waals surface area (Å²) < 4.78 is 35.2. The number of nitrogens with two attached hydrogens (primary N) is 1. The topological polar surface area (TPSA) is 123 Å². The van der Waals surface area contributed by atoms with Gasteiger partial charge in [-0.3, -0.25) is 4.79 Å². The Bertz CT molecular complexity index is 1620. The van der Waals surface area contributed by atoms with E-state index in [0.717, 1.165) is 25.0 Å². The van der Waals surface area contributed by atoms with Gasteiger partial charge in [0, 0.05) is 12.1 Å². The van der Waals surface area contributed by atoms with Gasteiger partial charge < -0.3 is 15.4 Å². The Morgan fingerprint density at radius 1 is 1.20 bits per heavy atom. The number of fused-ring (bicyclic) bond motifs is 1. The van der Waals surface area contributed by atoms with Crippen LogP contribution >= 0.6 is 0 Å². The van der Waals surface area contributed by atoms with E-state index in [0.29, 0.717) is 35.4 Å². The van der Waals surface area contributed by atoms with E-state index in [2.05, 4.69) is 9.97 Å². The molecule has 2 aromatic heterocycles. The molecule has 204 valence electrons. The number of nitrogens with zero attached hydrogens (tertiary/aromatic N) is 6. The first kappa shape index (κ1) is 26.7. The van der Waals surface area contributed by atoms with Gasteiger partial charge in [0.25, 0.3) is 5.91 Å². The summed E-state index contributed by atoms with van der Waals surface area (Å²) in [6.45, 7) is 4.75. The number of nitriles is 1. The summed E-state index contributed by atoms with van der Waals surface area (Å²) in [4.78, 5) is 23.4. The number of hydrogen-bond acceptors (Lipinski definition) is 7. The van der Waals surface area contributed by atoms with Crippen LogP contribution in [0.5, 0.6) is 11.5 Å². The first-order valence-electron chi connectivity index (χ1n) is 12.9. The Hall–Kier alpha value is -4.85. The summed E-state index contributed by atoms with van der Waals surface area (Å²) in [5, 5.41) is 14.9. The van der Waals surface area contributed by atoms with Crippen LogP contribution in [0.15, 0.2) is 60.4 Å². The number of carbonyl (C=O) groups is 1. The predicted molar refractivity (Wildman–Crippen MR) is 145 cm³/mol. The van der Waals surface area contributed by atoms with Gasteiger partial charge in [0.05, 0.1) is 18.0 Å². The van der Waals surface area contributed by atoms with Crippen LogP contribution in [-0.4, -0.2) is 43.1 Å². The summed E-state index contributed by atoms with van der Waals surface area (Å²) in [5.74, 6) is -1.83. The number of allylic oxidation sites excluding steroid dienone is 1. The second-order valence-electron chi connectivity index (χ2n) is 9.90. The second-order valence-corrected chi connectivity index (χ2v) is 9.90. The largest absolute Gasteiger partial charge is 0.451 e. The third-order valence-corrected chi connectivity index (χ3v) is 6.70. The first-order valence-corrected chi connectivity index (χ1v) is 12.9. The van der Waals surface area contributed by atoms with Gasteiger partial charge in [-0.25, -0.2) is 23.4 Å². The minimum absolute atomic E-state index is 0.0690. The smallest absolute Gasteiger partial charge is 0.264 e. The highest BCUT2D eigenvalue weighted by atomic mass is 19.1. The van der Waals surface area contributed by atoms with Crippen molar-refractivity contribution in [2.24, 2.45) is 5.92 Å². The van der Waals surface area contributed by atoms with E-state index in [4.69, 9.17) is 15.6 Å². The standard InChI is InChI=1S/C29H27F2N7O2/c1-17(2)13-19(14-32)29(39)37-12-4-5-20(37)15-38-28-24(27(33)34-16-35-28)25(36-38)18-8-10-21(11-9-18)40-26-22(30)6-3-7-23(26)31/h3,6-11,13,16-17,20H,4-5,12,15H2,1-2H3,(H2,33,34,35)/b19-13+/t20-/m1/s1. The molecule has 0 bridgehead atoms. The van der Waals surface area contributed by atoms with E-state index in [1.54, 1.807) is 39.9 Å². The number of rotatable bonds is 7. The van der Waals surface area contributed by atoms with Gasteiger partial charge in [-0.2, -0.15) is 10.4 Å². The lowest BCUT2D eigenvalue weighted by Gasteiger charge is -2.24. The molecule has 5 rings (SSSR count). The van der Waals surface area contributed by atoms with Gasteiger partial charge >= 0.3 is 0 Å². The molecule has 0 aliphatic carbocycles. The maximum atomic E-state index is 14.0. The number of aromatic nitrogens is 4. The molecule has 0 spiro atoms. The lowest BCUT2D eigenvalue weighted by Crippen LogP contribution is -2.39. The van der Waals surface area contributed by atoms with Gasteiger partial charge in [-0.1, -0.05) is 26.0 Å². The van der Waals surface area contributed by atoms with Crippen molar-refractivity contribution in [3.8, 4) is 28.8 Å². The third-order valence-electron chi connectivity index (χ3n) is 6.70. The lowest BCUT2D eigenvalue weighted by atomic mass is 10.1. The maximum Gasteiger partial charge on any atom is 0.264 e. The molecule has 1 aliphatic heterocycles. The van der Waals surface area contributed by atoms with Crippen molar-refractivity contribution in [1.82, 2.24) is 24.6 Å². The van der Waals surface area contributed by atoms with Crippen LogP contribution in [0.1, 0.15) is 26.7 Å². The number of benzene rings is 2. The molecule has 1 atom stereocenters. The molecule has 2 aromatic carbocycles. The fourth-order valence-electron chi connectivity index (χ4n) is 4.88. The van der Waals surface area contributed by atoms with E-state index in [1.807, 2.05) is 19.9 Å². The van der Waals surface area contributed by atoms with E-state index < -0.39 is 17.4 Å². The van der Waals surface area contributed by atoms with Gasteiger partial charge in [0.15, 0.2) is 23.0 Å². The zero-order valence-electron chi connectivity index (χ0n) is 22.0. The van der Waals surface area contributed by atoms with Crippen molar-refractivity contribution in [2.75, 3.05) is 12.3 Å². The number of amides is 1. The number of likely N-dealkylation sites (tertiary alicyclic amines) is 1. The molecule has 40 heavy (non-hydrogen) atoms. The molecular weight excluding hydrogens is 516 g/mol. The molecule has 11 heteroatoms. The number of ether oxygens (including phenoxy) is 1. The highest BCUT2D eigenvalue weighted by Crippen LogP contribution is 2.34. The summed E-state index contributed by atoms with van der Waals surface area (Å²) in [7, 11) is 0. The fourth-order valence-corrected chi connectivity index (χ4v) is 4.88. The molecule has 1 saturated heterocycles. The minimum atomic E-state index is -0.806. The molecule has 3 heterocycles. The van der Waals surface area contributed by atoms with E-state index in [-0.39, 0.29) is 35.0 Å². The Kier molecular flexibility index (Phi) is 7.42. The van der Waals surface area contributed by atoms with Crippen LogP contribution in [0.3, 0.4) is 0 Å². The van der Waals surface area contributed by atoms with Crippen molar-refractivity contribution in [3.05, 3.63) is 72.1 Å². The lowest BCUT2D eigenvalue weighted by molar-refractivity contribution is -0.127. The summed E-state index contributed by atoms with van der Waals surface area (Å²) in [6, 6.07) is 11.9. The molecule has 2 N–H and O–H groups in total. The van der Waals surface area contributed by atoms with Gasteiger partial charge in [0.1, 0.15) is 35.2 Å². The summed E-state index contributed by atoms with van der Waals surface area (Å²) in [5.41, 5.74) is 8.07. The molecule has 0 radical (unpaired) electrons.